The second-order valence-electron chi connectivity index (χ2n) is 1.06. The van der Waals surface area contributed by atoms with Crippen molar-refractivity contribution in [2.75, 3.05) is 14.1 Å². The zero-order chi connectivity index (χ0) is 5.15. The first kappa shape index (κ1) is 6.50. The Bertz CT molecular complexity index is 30.5. The number of rotatable bonds is 1. The van der Waals surface area contributed by atoms with E-state index in [2.05, 4.69) is 0 Å². The molecular formula is C2H6Cl2N2. The van der Waals surface area contributed by atoms with E-state index in [1.54, 1.807) is 14.1 Å². The van der Waals surface area contributed by atoms with Gasteiger partial charge in [0, 0.05) is 37.6 Å². The van der Waals surface area contributed by atoms with Crippen LogP contribution in [0.1, 0.15) is 0 Å². The van der Waals surface area contributed by atoms with Crippen molar-refractivity contribution >= 4 is 23.6 Å². The molecule has 2 nitrogen and oxygen atoms in total. The highest BCUT2D eigenvalue weighted by Gasteiger charge is 1.92. The van der Waals surface area contributed by atoms with Crippen molar-refractivity contribution in [3.8, 4) is 0 Å². The summed E-state index contributed by atoms with van der Waals surface area (Å²) < 4.78 is 0.944. The molecule has 0 aromatic heterocycles. The lowest BCUT2D eigenvalue weighted by Crippen LogP contribution is -2.18. The minimum atomic E-state index is 0.944. The summed E-state index contributed by atoms with van der Waals surface area (Å²) in [7, 11) is 3.47. The maximum absolute atomic E-state index is 5.14. The Labute approximate surface area is 47.4 Å². The van der Waals surface area contributed by atoms with E-state index in [0.717, 1.165) is 4.05 Å². The summed E-state index contributed by atoms with van der Waals surface area (Å²) >= 11 is 10.3. The topological polar surface area (TPSA) is 6.48 Å². The summed E-state index contributed by atoms with van der Waals surface area (Å²) in [4.78, 5) is 0. The van der Waals surface area contributed by atoms with Gasteiger partial charge in [0.1, 0.15) is 0 Å². The van der Waals surface area contributed by atoms with Crippen molar-refractivity contribution in [1.82, 2.24) is 9.06 Å². The van der Waals surface area contributed by atoms with Gasteiger partial charge in [0.15, 0.2) is 0 Å². The first-order valence-corrected chi connectivity index (χ1v) is 2.11. The standard InChI is InChI=1S/C2H6Cl2N2/c1-5(2)6(3)4/h1-2H3. The van der Waals surface area contributed by atoms with Crippen molar-refractivity contribution in [3.63, 3.8) is 0 Å². The summed E-state index contributed by atoms with van der Waals surface area (Å²) in [5.41, 5.74) is 0. The molecule has 0 unspecified atom stereocenters. The first-order chi connectivity index (χ1) is 2.64. The van der Waals surface area contributed by atoms with Crippen molar-refractivity contribution in [2.45, 2.75) is 0 Å². The molecular weight excluding hydrogens is 123 g/mol. The Kier molecular flexibility index (Phi) is 2.86. The van der Waals surface area contributed by atoms with Crippen molar-refractivity contribution < 1.29 is 0 Å². The van der Waals surface area contributed by atoms with E-state index in [9.17, 15) is 0 Å². The molecule has 0 N–H and O–H groups in total. The van der Waals surface area contributed by atoms with Crippen LogP contribution < -0.4 is 0 Å². The fourth-order valence-electron chi connectivity index (χ4n) is 0. The highest BCUT2D eigenvalue weighted by Crippen LogP contribution is 1.97. The normalized spacial score (nSPS) is 11.0. The minimum absolute atomic E-state index is 0.944. The molecule has 0 aliphatic rings. The Hall–Kier alpha value is 0.500. The number of hydrazine groups is 1. The average Bonchev–Trinajstić information content (AvgIpc) is 1.36. The quantitative estimate of drug-likeness (QED) is 0.386. The lowest BCUT2D eigenvalue weighted by molar-refractivity contribution is 0.240. The molecule has 6 heavy (non-hydrogen) atoms. The largest absolute Gasteiger partial charge is 0.219 e. The molecule has 0 spiro atoms. The van der Waals surface area contributed by atoms with Gasteiger partial charge in [0.2, 0.25) is 0 Å². The van der Waals surface area contributed by atoms with Gasteiger partial charge in [-0.1, -0.05) is 4.05 Å². The van der Waals surface area contributed by atoms with Crippen LogP contribution in [0.4, 0.5) is 0 Å². The molecule has 0 radical (unpaired) electrons. The van der Waals surface area contributed by atoms with E-state index in [0.29, 0.717) is 0 Å². The summed E-state index contributed by atoms with van der Waals surface area (Å²) in [5, 5.41) is 1.53. The highest BCUT2D eigenvalue weighted by atomic mass is 35.5. The van der Waals surface area contributed by atoms with E-state index < -0.39 is 0 Å². The van der Waals surface area contributed by atoms with Crippen LogP contribution in [0, 0.1) is 0 Å². The molecule has 0 rings (SSSR count). The highest BCUT2D eigenvalue weighted by molar-refractivity contribution is 6.33. The van der Waals surface area contributed by atoms with E-state index in [-0.39, 0.29) is 0 Å². The molecule has 38 valence electrons. The third-order valence-corrected chi connectivity index (χ3v) is 0.907. The molecule has 0 saturated heterocycles. The van der Waals surface area contributed by atoms with Crippen LogP contribution in [0.2, 0.25) is 0 Å². The van der Waals surface area contributed by atoms with E-state index in [4.69, 9.17) is 23.6 Å². The number of hydrogen-bond donors (Lipinski definition) is 0. The zero-order valence-electron chi connectivity index (χ0n) is 3.65. The second kappa shape index (κ2) is 2.64. The van der Waals surface area contributed by atoms with Crippen LogP contribution in [0.15, 0.2) is 0 Å². The summed E-state index contributed by atoms with van der Waals surface area (Å²) in [6, 6.07) is 0. The fraction of sp³-hybridized carbons (Fsp3) is 1.00. The van der Waals surface area contributed by atoms with Gasteiger partial charge >= 0.3 is 0 Å². The van der Waals surface area contributed by atoms with Gasteiger partial charge in [-0.15, -0.1) is 0 Å². The third kappa shape index (κ3) is 2.72. The van der Waals surface area contributed by atoms with Crippen molar-refractivity contribution in [3.05, 3.63) is 0 Å². The minimum Gasteiger partial charge on any atom is -0.219 e. The first-order valence-electron chi connectivity index (χ1n) is 1.43. The summed E-state index contributed by atoms with van der Waals surface area (Å²) in [5.74, 6) is 0. The molecule has 0 heterocycles. The number of nitrogens with zero attached hydrogens (tertiary/aromatic N) is 2. The predicted molar refractivity (Wildman–Crippen MR) is 27.2 cm³/mol. The van der Waals surface area contributed by atoms with Gasteiger partial charge in [-0.2, -0.15) is 0 Å². The zero-order valence-corrected chi connectivity index (χ0v) is 5.16. The van der Waals surface area contributed by atoms with Gasteiger partial charge in [0.25, 0.3) is 0 Å². The van der Waals surface area contributed by atoms with Crippen LogP contribution >= 0.6 is 23.6 Å². The Morgan fingerprint density at radius 2 is 1.33 bits per heavy atom. The molecule has 4 heteroatoms. The third-order valence-electron chi connectivity index (χ3n) is 0.302. The smallest absolute Gasteiger partial charge is 0.0125 e. The molecule has 0 saturated carbocycles. The maximum Gasteiger partial charge on any atom is 0.0125 e. The van der Waals surface area contributed by atoms with Gasteiger partial charge < -0.3 is 0 Å². The van der Waals surface area contributed by atoms with Crippen LogP contribution in [-0.2, 0) is 0 Å². The van der Waals surface area contributed by atoms with Gasteiger partial charge in [-0.3, -0.25) is 0 Å². The van der Waals surface area contributed by atoms with Crippen LogP contribution in [0.3, 0.4) is 0 Å². The van der Waals surface area contributed by atoms with Gasteiger partial charge in [0.05, 0.1) is 0 Å². The van der Waals surface area contributed by atoms with Crippen LogP contribution in [0.5, 0.6) is 0 Å². The van der Waals surface area contributed by atoms with Crippen LogP contribution in [-0.4, -0.2) is 23.2 Å². The average molecular weight is 129 g/mol. The molecule has 0 aliphatic heterocycles. The number of hydrogen-bond acceptors (Lipinski definition) is 2. The lowest BCUT2D eigenvalue weighted by Gasteiger charge is -2.09. The molecule has 0 aliphatic carbocycles. The van der Waals surface area contributed by atoms with Crippen molar-refractivity contribution in [2.24, 2.45) is 0 Å². The lowest BCUT2D eigenvalue weighted by atomic mass is 11.2. The predicted octanol–water partition coefficient (Wildman–Crippen LogP) is 1.07. The maximum atomic E-state index is 5.14. The number of halogens is 2. The summed E-state index contributed by atoms with van der Waals surface area (Å²) in [6.07, 6.45) is 0. The molecule has 0 aromatic carbocycles. The molecule has 0 fully saturated rings. The Morgan fingerprint density at radius 1 is 1.17 bits per heavy atom. The molecule has 0 aromatic rings. The second-order valence-corrected chi connectivity index (χ2v) is 1.88. The molecule has 0 bridgehead atoms. The van der Waals surface area contributed by atoms with Crippen LogP contribution in [0.25, 0.3) is 0 Å². The van der Waals surface area contributed by atoms with E-state index in [1.165, 1.54) is 5.01 Å². The molecule has 0 amide bonds. The molecule has 0 atom stereocenters. The Morgan fingerprint density at radius 3 is 1.33 bits per heavy atom. The van der Waals surface area contributed by atoms with E-state index >= 15 is 0 Å². The van der Waals surface area contributed by atoms with E-state index in [1.807, 2.05) is 0 Å². The van der Waals surface area contributed by atoms with Gasteiger partial charge in [-0.25, -0.2) is 5.01 Å². The summed E-state index contributed by atoms with van der Waals surface area (Å²) in [6.45, 7) is 0. The Balaban J connectivity index is 2.99. The SMILES string of the molecule is CN(C)N(Cl)Cl. The van der Waals surface area contributed by atoms with Crippen molar-refractivity contribution in [1.29, 1.82) is 0 Å². The monoisotopic (exact) mass is 128 g/mol. The fourth-order valence-corrected chi connectivity index (χ4v) is 0. The van der Waals surface area contributed by atoms with Gasteiger partial charge in [-0.05, 0) is 0 Å².